The van der Waals surface area contributed by atoms with Crippen LogP contribution in [0, 0.1) is 17.1 Å². The number of anilines is 1. The van der Waals surface area contributed by atoms with Crippen LogP contribution in [0.3, 0.4) is 0 Å². The molecule has 2 aromatic carbocycles. The molecule has 27 heavy (non-hydrogen) atoms. The molecule has 0 aliphatic heterocycles. The molecule has 138 valence electrons. The van der Waals surface area contributed by atoms with Crippen molar-refractivity contribution >= 4 is 39.5 Å². The van der Waals surface area contributed by atoms with Gasteiger partial charge < -0.3 is 18.6 Å². The number of benzene rings is 2. The van der Waals surface area contributed by atoms with Gasteiger partial charge in [0.05, 0.1) is 27.9 Å². The van der Waals surface area contributed by atoms with E-state index < -0.39 is 33.4 Å². The molecule has 0 fully saturated rings. The van der Waals surface area contributed by atoms with Gasteiger partial charge in [-0.2, -0.15) is 5.26 Å². The highest BCUT2D eigenvalue weighted by Gasteiger charge is 2.20. The lowest BCUT2D eigenvalue weighted by molar-refractivity contribution is 0.442. The Bertz CT molecular complexity index is 1190. The van der Waals surface area contributed by atoms with Crippen molar-refractivity contribution in [2.24, 2.45) is 7.05 Å². The first kappa shape index (κ1) is 18.8. The molecule has 1 unspecified atom stereocenters. The zero-order valence-corrected chi connectivity index (χ0v) is 15.1. The molecule has 0 aliphatic carbocycles. The first-order chi connectivity index (χ1) is 12.8. The van der Waals surface area contributed by atoms with E-state index in [1.54, 1.807) is 6.07 Å². The summed E-state index contributed by atoms with van der Waals surface area (Å²) in [6, 6.07) is 6.89. The predicted octanol–water partition coefficient (Wildman–Crippen LogP) is 2.60. The lowest BCUT2D eigenvalue weighted by Gasteiger charge is -2.15. The van der Waals surface area contributed by atoms with Crippen LogP contribution in [0.1, 0.15) is 5.56 Å². The van der Waals surface area contributed by atoms with Gasteiger partial charge in [-0.3, -0.25) is 9.00 Å². The van der Waals surface area contributed by atoms with Crippen LogP contribution in [0.15, 0.2) is 35.4 Å². The van der Waals surface area contributed by atoms with Gasteiger partial charge >= 0.3 is 0 Å². The first-order valence-electron chi connectivity index (χ1n) is 7.23. The molecule has 1 N–H and O–H groups in total. The van der Waals surface area contributed by atoms with Gasteiger partial charge in [-0.15, -0.1) is 0 Å². The normalized spacial score (nSPS) is 11.8. The number of aromatic nitrogens is 2. The number of nitrogens with zero attached hydrogens (tertiary/aromatic N) is 3. The quantitative estimate of drug-likeness (QED) is 0.663. The second-order valence-corrected chi connectivity index (χ2v) is 6.40. The standard InChI is InChI=1S/C16H10ClFN4O4S/c1-22-7-20-12-3-2-8(4-9(12)16(22)23)26-15-10(6-19)13(21-27(24)25)5-11(17)14(15)18/h2-5,7,21H,1H3,(H,24,25)/p-1. The maximum Gasteiger partial charge on any atom is 0.261 e. The maximum atomic E-state index is 14.4. The molecule has 0 radical (unpaired) electrons. The van der Waals surface area contributed by atoms with Crippen LogP contribution in [-0.4, -0.2) is 18.3 Å². The van der Waals surface area contributed by atoms with E-state index in [2.05, 4.69) is 4.98 Å². The fourth-order valence-corrected chi connectivity index (χ4v) is 2.89. The number of halogens is 2. The molecule has 11 heteroatoms. The summed E-state index contributed by atoms with van der Waals surface area (Å²) < 4.78 is 44.9. The van der Waals surface area contributed by atoms with Crippen LogP contribution in [0.4, 0.5) is 10.1 Å². The van der Waals surface area contributed by atoms with Crippen LogP contribution < -0.4 is 15.0 Å². The minimum atomic E-state index is -2.76. The Kier molecular flexibility index (Phi) is 5.09. The Hall–Kier alpha value is -3.00. The monoisotopic (exact) mass is 407 g/mol. The second-order valence-electron chi connectivity index (χ2n) is 5.31. The summed E-state index contributed by atoms with van der Waals surface area (Å²) in [4.78, 5) is 16.3. The van der Waals surface area contributed by atoms with Gasteiger partial charge in [-0.05, 0) is 24.3 Å². The Balaban J connectivity index is 2.15. The molecule has 0 spiro atoms. The fraction of sp³-hybridized carbons (Fsp3) is 0.0625. The van der Waals surface area contributed by atoms with Crippen LogP contribution in [0.2, 0.25) is 5.02 Å². The van der Waals surface area contributed by atoms with Crippen molar-refractivity contribution in [1.82, 2.24) is 9.55 Å². The number of nitrogens with one attached hydrogen (secondary N) is 1. The SMILES string of the molecule is Cn1cnc2ccc(Oc3c(F)c(Cl)cc(NS(=O)[O-])c3C#N)cc2c1=O. The van der Waals surface area contributed by atoms with Crippen molar-refractivity contribution in [1.29, 1.82) is 5.26 Å². The summed E-state index contributed by atoms with van der Waals surface area (Å²) in [5.41, 5.74) is -0.589. The topological polar surface area (TPSA) is 120 Å². The Labute approximate surface area is 159 Å². The van der Waals surface area contributed by atoms with Crippen LogP contribution in [0.5, 0.6) is 11.5 Å². The van der Waals surface area contributed by atoms with Gasteiger partial charge in [0.15, 0.2) is 11.6 Å². The van der Waals surface area contributed by atoms with E-state index in [0.29, 0.717) is 5.52 Å². The van der Waals surface area contributed by atoms with Crippen molar-refractivity contribution < 1.29 is 17.9 Å². The Morgan fingerprint density at radius 3 is 2.85 bits per heavy atom. The van der Waals surface area contributed by atoms with E-state index >= 15 is 0 Å². The molecule has 1 heterocycles. The van der Waals surface area contributed by atoms with E-state index in [0.717, 1.165) is 6.07 Å². The summed E-state index contributed by atoms with van der Waals surface area (Å²) in [6.07, 6.45) is 1.36. The highest BCUT2D eigenvalue weighted by atomic mass is 35.5. The number of rotatable bonds is 4. The van der Waals surface area contributed by atoms with E-state index in [1.807, 2.05) is 4.72 Å². The van der Waals surface area contributed by atoms with E-state index in [4.69, 9.17) is 16.3 Å². The summed E-state index contributed by atoms with van der Waals surface area (Å²) in [7, 11) is 1.52. The van der Waals surface area contributed by atoms with Crippen molar-refractivity contribution in [3.05, 3.63) is 57.3 Å². The van der Waals surface area contributed by atoms with E-state index in [1.165, 1.54) is 36.1 Å². The molecule has 1 atom stereocenters. The molecule has 0 saturated carbocycles. The third-order valence-electron chi connectivity index (χ3n) is 3.59. The largest absolute Gasteiger partial charge is 0.755 e. The maximum absolute atomic E-state index is 14.4. The van der Waals surface area contributed by atoms with Crippen LogP contribution >= 0.6 is 11.6 Å². The highest BCUT2D eigenvalue weighted by Crippen LogP contribution is 2.37. The Morgan fingerprint density at radius 1 is 1.44 bits per heavy atom. The van der Waals surface area contributed by atoms with Crippen LogP contribution in [-0.2, 0) is 18.3 Å². The number of ether oxygens (including phenoxy) is 1. The summed E-state index contributed by atoms with van der Waals surface area (Å²) in [5.74, 6) is -1.58. The van der Waals surface area contributed by atoms with Crippen molar-refractivity contribution in [2.45, 2.75) is 0 Å². The average molecular weight is 408 g/mol. The molecule has 8 nitrogen and oxygen atoms in total. The number of hydrogen-bond donors (Lipinski definition) is 1. The number of hydrogen-bond acceptors (Lipinski definition) is 6. The molecular weight excluding hydrogens is 399 g/mol. The molecule has 3 aromatic rings. The lowest BCUT2D eigenvalue weighted by Crippen LogP contribution is -2.16. The van der Waals surface area contributed by atoms with Crippen LogP contribution in [0.25, 0.3) is 10.9 Å². The lowest BCUT2D eigenvalue weighted by atomic mass is 10.1. The summed E-state index contributed by atoms with van der Waals surface area (Å²) in [5, 5.41) is 9.08. The van der Waals surface area contributed by atoms with E-state index in [9.17, 15) is 23.2 Å². The molecule has 0 amide bonds. The molecule has 0 aliphatic rings. The third-order valence-corrected chi connectivity index (χ3v) is 4.25. The summed E-state index contributed by atoms with van der Waals surface area (Å²) in [6.45, 7) is 0. The second kappa shape index (κ2) is 7.32. The molecule has 1 aromatic heterocycles. The van der Waals surface area contributed by atoms with Gasteiger partial charge in [0.25, 0.3) is 5.56 Å². The molecule has 0 bridgehead atoms. The zero-order chi connectivity index (χ0) is 19.7. The number of nitriles is 1. The Morgan fingerprint density at radius 2 is 2.19 bits per heavy atom. The van der Waals surface area contributed by atoms with Gasteiger partial charge in [-0.1, -0.05) is 11.6 Å². The fourth-order valence-electron chi connectivity index (χ4n) is 2.35. The zero-order valence-electron chi connectivity index (χ0n) is 13.5. The predicted molar refractivity (Wildman–Crippen MR) is 95.7 cm³/mol. The average Bonchev–Trinajstić information content (AvgIpc) is 2.62. The minimum Gasteiger partial charge on any atom is -0.755 e. The third kappa shape index (κ3) is 3.61. The van der Waals surface area contributed by atoms with Crippen molar-refractivity contribution in [3.8, 4) is 17.6 Å². The van der Waals surface area contributed by atoms with Gasteiger partial charge in [0.2, 0.25) is 0 Å². The summed E-state index contributed by atoms with van der Waals surface area (Å²) >= 11 is 3.01. The van der Waals surface area contributed by atoms with Crippen molar-refractivity contribution in [2.75, 3.05) is 4.72 Å². The highest BCUT2D eigenvalue weighted by molar-refractivity contribution is 7.80. The van der Waals surface area contributed by atoms with E-state index in [-0.39, 0.29) is 22.4 Å². The number of fused-ring (bicyclic) bond motifs is 1. The van der Waals surface area contributed by atoms with Gasteiger partial charge in [0, 0.05) is 18.3 Å². The molecule has 0 saturated heterocycles. The minimum absolute atomic E-state index is 0.0412. The van der Waals surface area contributed by atoms with Crippen molar-refractivity contribution in [3.63, 3.8) is 0 Å². The molecule has 3 rings (SSSR count). The van der Waals surface area contributed by atoms with Gasteiger partial charge in [-0.25, -0.2) is 9.37 Å². The number of aryl methyl sites for hydroxylation is 1. The smallest absolute Gasteiger partial charge is 0.261 e. The van der Waals surface area contributed by atoms with Gasteiger partial charge in [0.1, 0.15) is 17.4 Å². The first-order valence-corrected chi connectivity index (χ1v) is 8.68. The molecular formula is C16H9ClFN4O4S-.